The van der Waals surface area contributed by atoms with Gasteiger partial charge in [0.25, 0.3) is 0 Å². The van der Waals surface area contributed by atoms with Crippen molar-refractivity contribution < 1.29 is 21.9 Å². The molecule has 0 saturated heterocycles. The third kappa shape index (κ3) is 4.55. The predicted octanol–water partition coefficient (Wildman–Crippen LogP) is 1.42. The third-order valence-electron chi connectivity index (χ3n) is 2.18. The molecule has 0 aliphatic heterocycles. The number of sulfonamides is 1. The van der Waals surface area contributed by atoms with Gasteiger partial charge >= 0.3 is 0 Å². The minimum atomic E-state index is -4.30. The maximum atomic E-state index is 13.5. The first kappa shape index (κ1) is 16.5. The van der Waals surface area contributed by atoms with Crippen molar-refractivity contribution in [1.82, 2.24) is 4.72 Å². The van der Waals surface area contributed by atoms with Crippen LogP contribution in [0.25, 0.3) is 0 Å². The Bertz CT molecular complexity index is 580. The van der Waals surface area contributed by atoms with Crippen LogP contribution >= 0.6 is 0 Å². The van der Waals surface area contributed by atoms with Crippen LogP contribution in [-0.4, -0.2) is 28.2 Å². The Morgan fingerprint density at radius 2 is 1.95 bits per heavy atom. The minimum absolute atomic E-state index is 0.0598. The van der Waals surface area contributed by atoms with Gasteiger partial charge in [-0.1, -0.05) is 12.2 Å². The molecule has 20 heavy (non-hydrogen) atoms. The SMILES string of the molecule is C=C(C)COCCNS(=O)(=O)c1c(F)cc(N)cc1F. The van der Waals surface area contributed by atoms with E-state index in [9.17, 15) is 17.2 Å². The van der Waals surface area contributed by atoms with Gasteiger partial charge in [0.1, 0.15) is 11.6 Å². The summed E-state index contributed by atoms with van der Waals surface area (Å²) in [6, 6.07) is 1.49. The first-order valence-corrected chi connectivity index (χ1v) is 7.18. The maximum Gasteiger partial charge on any atom is 0.246 e. The Morgan fingerprint density at radius 3 is 2.45 bits per heavy atom. The number of rotatable bonds is 7. The molecular weight excluding hydrogens is 290 g/mol. The fraction of sp³-hybridized carbons (Fsp3) is 0.333. The van der Waals surface area contributed by atoms with Gasteiger partial charge in [0.15, 0.2) is 4.90 Å². The van der Waals surface area contributed by atoms with E-state index in [0.29, 0.717) is 0 Å². The molecule has 0 spiro atoms. The number of nitrogens with two attached hydrogens (primary N) is 1. The topological polar surface area (TPSA) is 81.4 Å². The van der Waals surface area contributed by atoms with E-state index in [4.69, 9.17) is 10.5 Å². The van der Waals surface area contributed by atoms with Crippen molar-refractivity contribution in [3.8, 4) is 0 Å². The molecule has 0 aliphatic carbocycles. The van der Waals surface area contributed by atoms with Crippen molar-refractivity contribution in [1.29, 1.82) is 0 Å². The summed E-state index contributed by atoms with van der Waals surface area (Å²) in [5.74, 6) is -2.48. The number of benzene rings is 1. The highest BCUT2D eigenvalue weighted by molar-refractivity contribution is 7.89. The maximum absolute atomic E-state index is 13.5. The van der Waals surface area contributed by atoms with Crippen LogP contribution in [0.4, 0.5) is 14.5 Å². The molecule has 0 saturated carbocycles. The lowest BCUT2D eigenvalue weighted by Crippen LogP contribution is -2.29. The number of ether oxygens (including phenoxy) is 1. The summed E-state index contributed by atoms with van der Waals surface area (Å²) < 4.78 is 57.7. The summed E-state index contributed by atoms with van der Waals surface area (Å²) in [5, 5.41) is 0. The first-order chi connectivity index (χ1) is 9.24. The fourth-order valence-corrected chi connectivity index (χ4v) is 2.53. The predicted molar refractivity (Wildman–Crippen MR) is 71.6 cm³/mol. The normalized spacial score (nSPS) is 11.6. The van der Waals surface area contributed by atoms with E-state index in [0.717, 1.165) is 17.7 Å². The molecule has 0 fully saturated rings. The number of anilines is 1. The van der Waals surface area contributed by atoms with E-state index in [2.05, 4.69) is 6.58 Å². The number of hydrogen-bond donors (Lipinski definition) is 2. The van der Waals surface area contributed by atoms with Gasteiger partial charge in [-0.25, -0.2) is 21.9 Å². The van der Waals surface area contributed by atoms with Gasteiger partial charge in [0, 0.05) is 12.2 Å². The molecule has 1 aromatic carbocycles. The second-order valence-electron chi connectivity index (χ2n) is 4.22. The Hall–Kier alpha value is -1.51. The zero-order chi connectivity index (χ0) is 15.3. The quantitative estimate of drug-likeness (QED) is 0.453. The van der Waals surface area contributed by atoms with Crippen LogP contribution in [-0.2, 0) is 14.8 Å². The van der Waals surface area contributed by atoms with Crippen molar-refractivity contribution in [2.45, 2.75) is 11.8 Å². The van der Waals surface area contributed by atoms with E-state index in [1.54, 1.807) is 6.92 Å². The lowest BCUT2D eigenvalue weighted by Gasteiger charge is -2.09. The van der Waals surface area contributed by atoms with Crippen LogP contribution in [0.5, 0.6) is 0 Å². The fourth-order valence-electron chi connectivity index (χ4n) is 1.40. The molecule has 0 heterocycles. The highest BCUT2D eigenvalue weighted by atomic mass is 32.2. The lowest BCUT2D eigenvalue weighted by molar-refractivity contribution is 0.162. The van der Waals surface area contributed by atoms with Gasteiger partial charge in [-0.15, -0.1) is 0 Å². The summed E-state index contributed by atoms with van der Waals surface area (Å²) in [6.45, 7) is 5.59. The molecule has 0 unspecified atom stereocenters. The van der Waals surface area contributed by atoms with E-state index in [1.165, 1.54) is 0 Å². The summed E-state index contributed by atoms with van der Waals surface area (Å²) in [6.07, 6.45) is 0. The highest BCUT2D eigenvalue weighted by Crippen LogP contribution is 2.21. The molecule has 1 rings (SSSR count). The van der Waals surface area contributed by atoms with Crippen LogP contribution in [0.2, 0.25) is 0 Å². The Morgan fingerprint density at radius 1 is 1.40 bits per heavy atom. The number of halogens is 2. The molecule has 112 valence electrons. The molecule has 0 aliphatic rings. The van der Waals surface area contributed by atoms with Crippen molar-refractivity contribution in [3.63, 3.8) is 0 Å². The van der Waals surface area contributed by atoms with E-state index in [-0.39, 0.29) is 25.4 Å². The lowest BCUT2D eigenvalue weighted by atomic mass is 10.3. The molecular formula is C12H16F2N2O3S. The average molecular weight is 306 g/mol. The zero-order valence-corrected chi connectivity index (χ0v) is 11.8. The van der Waals surface area contributed by atoms with Gasteiger partial charge in [-0.2, -0.15) is 0 Å². The summed E-state index contributed by atoms with van der Waals surface area (Å²) >= 11 is 0. The summed E-state index contributed by atoms with van der Waals surface area (Å²) in [4.78, 5) is -1.05. The van der Waals surface area contributed by atoms with Gasteiger partial charge < -0.3 is 10.5 Å². The largest absolute Gasteiger partial charge is 0.399 e. The third-order valence-corrected chi connectivity index (χ3v) is 3.69. The molecule has 1 aromatic rings. The molecule has 0 radical (unpaired) electrons. The van der Waals surface area contributed by atoms with Gasteiger partial charge in [-0.3, -0.25) is 0 Å². The van der Waals surface area contributed by atoms with Gasteiger partial charge in [0.2, 0.25) is 10.0 Å². The number of nitrogen functional groups attached to an aromatic ring is 1. The molecule has 0 atom stereocenters. The second kappa shape index (κ2) is 6.78. The number of hydrogen-bond acceptors (Lipinski definition) is 4. The standard InChI is InChI=1S/C12H16F2N2O3S/c1-8(2)7-19-4-3-16-20(17,18)12-10(13)5-9(15)6-11(12)14/h5-6,16H,1,3-4,7,15H2,2H3. The van der Waals surface area contributed by atoms with E-state index < -0.39 is 26.6 Å². The Labute approximate surface area is 116 Å². The molecule has 3 N–H and O–H groups in total. The highest BCUT2D eigenvalue weighted by Gasteiger charge is 2.24. The van der Waals surface area contributed by atoms with Gasteiger partial charge in [-0.05, 0) is 19.1 Å². The molecule has 8 heteroatoms. The van der Waals surface area contributed by atoms with E-state index >= 15 is 0 Å². The summed E-state index contributed by atoms with van der Waals surface area (Å²) in [5.41, 5.74) is 5.81. The minimum Gasteiger partial charge on any atom is -0.399 e. The second-order valence-corrected chi connectivity index (χ2v) is 5.92. The number of nitrogens with one attached hydrogen (secondary N) is 1. The Kier molecular flexibility index (Phi) is 5.61. The molecule has 0 amide bonds. The van der Waals surface area contributed by atoms with Crippen LogP contribution in [0.15, 0.2) is 29.2 Å². The monoisotopic (exact) mass is 306 g/mol. The van der Waals surface area contributed by atoms with Crippen LogP contribution in [0.3, 0.4) is 0 Å². The Balaban J connectivity index is 2.73. The molecule has 0 aromatic heterocycles. The van der Waals surface area contributed by atoms with Crippen LogP contribution in [0.1, 0.15) is 6.92 Å². The van der Waals surface area contributed by atoms with Gasteiger partial charge in [0.05, 0.1) is 13.2 Å². The smallest absolute Gasteiger partial charge is 0.246 e. The van der Waals surface area contributed by atoms with Crippen molar-refractivity contribution in [3.05, 3.63) is 35.9 Å². The molecule has 5 nitrogen and oxygen atoms in total. The average Bonchev–Trinajstić information content (AvgIpc) is 2.25. The van der Waals surface area contributed by atoms with Crippen molar-refractivity contribution in [2.75, 3.05) is 25.5 Å². The first-order valence-electron chi connectivity index (χ1n) is 5.70. The van der Waals surface area contributed by atoms with Crippen molar-refractivity contribution in [2.24, 2.45) is 0 Å². The van der Waals surface area contributed by atoms with Crippen LogP contribution < -0.4 is 10.5 Å². The summed E-state index contributed by atoms with van der Waals surface area (Å²) in [7, 11) is -4.30. The van der Waals surface area contributed by atoms with Crippen molar-refractivity contribution >= 4 is 15.7 Å². The molecule has 0 bridgehead atoms. The van der Waals surface area contributed by atoms with E-state index in [1.807, 2.05) is 4.72 Å². The zero-order valence-electron chi connectivity index (χ0n) is 10.9. The van der Waals surface area contributed by atoms with Crippen LogP contribution in [0, 0.1) is 11.6 Å².